The van der Waals surface area contributed by atoms with E-state index in [1.165, 1.54) is 0 Å². The number of carbonyl (C=O) groups excluding carboxylic acids is 1. The fraction of sp³-hybridized carbons (Fsp3) is 0.500. The Hall–Kier alpha value is -1.58. The molecule has 4 heteroatoms. The normalized spacial score (nSPS) is 23.8. The average molecular weight is 251 g/mol. The van der Waals surface area contributed by atoms with Crippen LogP contribution in [0.15, 0.2) is 30.3 Å². The van der Waals surface area contributed by atoms with Crippen LogP contribution in [0.4, 0.5) is 9.18 Å². The van der Waals surface area contributed by atoms with Gasteiger partial charge in [0, 0.05) is 19.0 Å². The molecule has 2 atom stereocenters. The van der Waals surface area contributed by atoms with Crippen molar-refractivity contribution in [2.45, 2.75) is 26.1 Å². The van der Waals surface area contributed by atoms with E-state index in [-0.39, 0.29) is 18.6 Å². The zero-order chi connectivity index (χ0) is 13.0. The zero-order valence-corrected chi connectivity index (χ0v) is 10.5. The highest BCUT2D eigenvalue weighted by Gasteiger charge is 2.29. The highest BCUT2D eigenvalue weighted by molar-refractivity contribution is 5.67. The molecule has 3 nitrogen and oxygen atoms in total. The Morgan fingerprint density at radius 2 is 2.17 bits per heavy atom. The van der Waals surface area contributed by atoms with Crippen molar-refractivity contribution in [3.8, 4) is 0 Å². The molecule has 0 aromatic heterocycles. The van der Waals surface area contributed by atoms with Gasteiger partial charge < -0.3 is 9.64 Å². The first kappa shape index (κ1) is 12.9. The second-order valence-corrected chi connectivity index (χ2v) is 4.77. The van der Waals surface area contributed by atoms with Gasteiger partial charge in [0.15, 0.2) is 0 Å². The average Bonchev–Trinajstić information content (AvgIpc) is 2.40. The van der Waals surface area contributed by atoms with Gasteiger partial charge in [0.1, 0.15) is 12.8 Å². The summed E-state index contributed by atoms with van der Waals surface area (Å²) in [7, 11) is 0. The Balaban J connectivity index is 1.82. The van der Waals surface area contributed by atoms with Crippen LogP contribution in [-0.2, 0) is 11.3 Å². The molecule has 1 aliphatic rings. The summed E-state index contributed by atoms with van der Waals surface area (Å²) in [6.07, 6.45) is -0.748. The minimum atomic E-state index is -0.803. The van der Waals surface area contributed by atoms with Gasteiger partial charge in [-0.15, -0.1) is 0 Å². The molecule has 98 valence electrons. The van der Waals surface area contributed by atoms with E-state index in [1.54, 1.807) is 4.90 Å². The fourth-order valence-corrected chi connectivity index (χ4v) is 2.09. The van der Waals surface area contributed by atoms with Gasteiger partial charge >= 0.3 is 6.09 Å². The molecule has 0 aliphatic carbocycles. The number of carbonyl (C=O) groups is 1. The smallest absolute Gasteiger partial charge is 0.410 e. The third-order valence-electron chi connectivity index (χ3n) is 3.26. The molecule has 0 unspecified atom stereocenters. The molecule has 1 heterocycles. The Kier molecular flexibility index (Phi) is 4.18. The van der Waals surface area contributed by atoms with Crippen LogP contribution >= 0.6 is 0 Å². The number of likely N-dealkylation sites (tertiary alicyclic amines) is 1. The number of halogens is 1. The van der Waals surface area contributed by atoms with E-state index in [1.807, 2.05) is 37.3 Å². The van der Waals surface area contributed by atoms with Crippen LogP contribution in [-0.4, -0.2) is 30.3 Å². The van der Waals surface area contributed by atoms with E-state index in [0.29, 0.717) is 19.5 Å². The van der Waals surface area contributed by atoms with Crippen molar-refractivity contribution in [2.24, 2.45) is 5.92 Å². The van der Waals surface area contributed by atoms with Gasteiger partial charge in [-0.1, -0.05) is 37.3 Å². The van der Waals surface area contributed by atoms with Crippen molar-refractivity contribution in [1.82, 2.24) is 4.90 Å². The van der Waals surface area contributed by atoms with Crippen LogP contribution < -0.4 is 0 Å². The minimum absolute atomic E-state index is 0.108. The molecule has 1 aromatic carbocycles. The summed E-state index contributed by atoms with van der Waals surface area (Å²) in [6.45, 7) is 2.97. The maximum atomic E-state index is 13.3. The van der Waals surface area contributed by atoms with Gasteiger partial charge in [-0.3, -0.25) is 0 Å². The summed E-state index contributed by atoms with van der Waals surface area (Å²) in [4.78, 5) is 13.4. The van der Waals surface area contributed by atoms with Gasteiger partial charge in [0.25, 0.3) is 0 Å². The van der Waals surface area contributed by atoms with Crippen molar-refractivity contribution < 1.29 is 13.9 Å². The first-order chi connectivity index (χ1) is 8.66. The topological polar surface area (TPSA) is 29.5 Å². The third kappa shape index (κ3) is 3.22. The van der Waals surface area contributed by atoms with Gasteiger partial charge in [0.05, 0.1) is 0 Å². The number of nitrogens with zero attached hydrogens (tertiary/aromatic N) is 1. The Morgan fingerprint density at radius 3 is 2.83 bits per heavy atom. The minimum Gasteiger partial charge on any atom is -0.445 e. The fourth-order valence-electron chi connectivity index (χ4n) is 2.09. The van der Waals surface area contributed by atoms with Gasteiger partial charge in [-0.05, 0) is 12.0 Å². The van der Waals surface area contributed by atoms with Crippen LogP contribution in [0.5, 0.6) is 0 Å². The zero-order valence-electron chi connectivity index (χ0n) is 10.5. The molecule has 1 amide bonds. The first-order valence-electron chi connectivity index (χ1n) is 6.26. The molecular weight excluding hydrogens is 233 g/mol. The number of hydrogen-bond donors (Lipinski definition) is 0. The Labute approximate surface area is 107 Å². The number of alkyl halides is 1. The molecule has 1 aromatic rings. The lowest BCUT2D eigenvalue weighted by Crippen LogP contribution is -2.43. The maximum Gasteiger partial charge on any atom is 0.410 e. The van der Waals surface area contributed by atoms with Crippen LogP contribution in [0.25, 0.3) is 0 Å². The number of rotatable bonds is 2. The molecule has 0 N–H and O–H groups in total. The van der Waals surface area contributed by atoms with Crippen LogP contribution in [0.3, 0.4) is 0 Å². The van der Waals surface area contributed by atoms with E-state index in [4.69, 9.17) is 4.74 Å². The predicted molar refractivity (Wildman–Crippen MR) is 66.9 cm³/mol. The molecule has 2 rings (SSSR count). The molecule has 1 fully saturated rings. The SMILES string of the molecule is C[C@H]1CN(C(=O)OCc2ccccc2)CC[C@H]1F. The molecule has 0 saturated carbocycles. The van der Waals surface area contributed by atoms with Crippen molar-refractivity contribution >= 4 is 6.09 Å². The Bertz CT molecular complexity index is 396. The lowest BCUT2D eigenvalue weighted by molar-refractivity contribution is 0.0583. The summed E-state index contributed by atoms with van der Waals surface area (Å²) in [6, 6.07) is 9.53. The van der Waals surface area contributed by atoms with E-state index >= 15 is 0 Å². The molecule has 1 aliphatic heterocycles. The number of amides is 1. The van der Waals surface area contributed by atoms with E-state index < -0.39 is 6.17 Å². The van der Waals surface area contributed by atoms with Crippen molar-refractivity contribution in [3.63, 3.8) is 0 Å². The molecule has 0 bridgehead atoms. The standard InChI is InChI=1S/C14H18FNO2/c1-11-9-16(8-7-13(11)15)14(17)18-10-12-5-3-2-4-6-12/h2-6,11,13H,7-10H2,1H3/t11-,13+/m0/s1. The second kappa shape index (κ2) is 5.85. The molecule has 0 spiro atoms. The van der Waals surface area contributed by atoms with Crippen molar-refractivity contribution in [1.29, 1.82) is 0 Å². The van der Waals surface area contributed by atoms with Crippen LogP contribution in [0.1, 0.15) is 18.9 Å². The molecule has 18 heavy (non-hydrogen) atoms. The number of ether oxygens (including phenoxy) is 1. The summed E-state index contributed by atoms with van der Waals surface area (Å²) in [5, 5.41) is 0. The highest BCUT2D eigenvalue weighted by Crippen LogP contribution is 2.20. The van der Waals surface area contributed by atoms with Crippen molar-refractivity contribution in [2.75, 3.05) is 13.1 Å². The van der Waals surface area contributed by atoms with E-state index in [0.717, 1.165) is 5.56 Å². The quantitative estimate of drug-likeness (QED) is 0.808. The van der Waals surface area contributed by atoms with Gasteiger partial charge in [0.2, 0.25) is 0 Å². The Morgan fingerprint density at radius 1 is 1.44 bits per heavy atom. The lowest BCUT2D eigenvalue weighted by Gasteiger charge is -2.32. The van der Waals surface area contributed by atoms with Crippen molar-refractivity contribution in [3.05, 3.63) is 35.9 Å². The van der Waals surface area contributed by atoms with Gasteiger partial charge in [-0.2, -0.15) is 0 Å². The number of hydrogen-bond acceptors (Lipinski definition) is 2. The summed E-state index contributed by atoms with van der Waals surface area (Å²) >= 11 is 0. The predicted octanol–water partition coefficient (Wildman–Crippen LogP) is 3.00. The van der Waals surface area contributed by atoms with E-state index in [9.17, 15) is 9.18 Å². The third-order valence-corrected chi connectivity index (χ3v) is 3.26. The first-order valence-corrected chi connectivity index (χ1v) is 6.26. The van der Waals surface area contributed by atoms with Crippen LogP contribution in [0.2, 0.25) is 0 Å². The van der Waals surface area contributed by atoms with Gasteiger partial charge in [-0.25, -0.2) is 9.18 Å². The largest absolute Gasteiger partial charge is 0.445 e. The summed E-state index contributed by atoms with van der Waals surface area (Å²) < 4.78 is 18.5. The number of piperidine rings is 1. The molecule has 0 radical (unpaired) electrons. The monoisotopic (exact) mass is 251 g/mol. The van der Waals surface area contributed by atoms with Crippen LogP contribution in [0, 0.1) is 5.92 Å². The molecular formula is C14H18FNO2. The second-order valence-electron chi connectivity index (χ2n) is 4.77. The summed E-state index contributed by atoms with van der Waals surface area (Å²) in [5.74, 6) is -0.108. The lowest BCUT2D eigenvalue weighted by atomic mass is 9.98. The van der Waals surface area contributed by atoms with E-state index in [2.05, 4.69) is 0 Å². The molecule has 1 saturated heterocycles. The highest BCUT2D eigenvalue weighted by atomic mass is 19.1. The summed E-state index contributed by atoms with van der Waals surface area (Å²) in [5.41, 5.74) is 0.958. The maximum absolute atomic E-state index is 13.3. The number of benzene rings is 1.